The van der Waals surface area contributed by atoms with Gasteiger partial charge in [-0.1, -0.05) is 0 Å². The summed E-state index contributed by atoms with van der Waals surface area (Å²) in [6, 6.07) is 2.61. The van der Waals surface area contributed by atoms with E-state index in [0.717, 1.165) is 8.97 Å². The van der Waals surface area contributed by atoms with Crippen molar-refractivity contribution in [3.05, 3.63) is 0 Å². The molecular formula is C18H46Cl2N2O9Si2. The molecule has 0 saturated heterocycles. The molecule has 0 spiro atoms. The monoisotopic (exact) mass is 560 g/mol. The maximum atomic E-state index is 8.49. The van der Waals surface area contributed by atoms with Crippen LogP contribution in [0.25, 0.3) is 0 Å². The van der Waals surface area contributed by atoms with Crippen molar-refractivity contribution in [2.24, 2.45) is 0 Å². The molecule has 0 aliphatic carbocycles. The first-order valence-electron chi connectivity index (χ1n) is 10.8. The Morgan fingerprint density at radius 1 is 0.576 bits per heavy atom. The second kappa shape index (κ2) is 15.6. The molecule has 0 N–H and O–H groups in total. The summed E-state index contributed by atoms with van der Waals surface area (Å²) in [5.74, 6) is 0. The summed E-state index contributed by atoms with van der Waals surface area (Å²) in [4.78, 5) is 0. The van der Waals surface area contributed by atoms with E-state index in [1.807, 2.05) is 0 Å². The highest BCUT2D eigenvalue weighted by atomic mass is 35.7. The second-order valence-electron chi connectivity index (χ2n) is 10.5. The predicted octanol–water partition coefficient (Wildman–Crippen LogP) is -5.13. The van der Waals surface area contributed by atoms with E-state index in [2.05, 4.69) is 68.2 Å². The zero-order valence-electron chi connectivity index (χ0n) is 22.0. The van der Waals surface area contributed by atoms with Crippen LogP contribution in [0, 0.1) is 20.5 Å². The summed E-state index contributed by atoms with van der Waals surface area (Å²) in [5.41, 5.74) is 0. The highest BCUT2D eigenvalue weighted by molar-refractivity contribution is 6.84. The normalized spacial score (nSPS) is 13.6. The first-order chi connectivity index (χ1) is 14.2. The molecule has 0 saturated carbocycles. The third kappa shape index (κ3) is 37.3. The van der Waals surface area contributed by atoms with Gasteiger partial charge in [-0.15, -0.1) is 20.5 Å². The first kappa shape index (κ1) is 38.1. The zero-order valence-corrected chi connectivity index (χ0v) is 25.5. The average molecular weight is 562 g/mol. The number of nitrogens with zero attached hydrogens (tertiary/aromatic N) is 2. The molecule has 204 valence electrons. The molecule has 0 aromatic rings. The Morgan fingerprint density at radius 2 is 0.788 bits per heavy atom. The van der Waals surface area contributed by atoms with Crippen molar-refractivity contribution in [2.45, 2.75) is 65.0 Å². The minimum atomic E-state index is -4.94. The molecule has 11 nitrogen and oxygen atoms in total. The molecule has 0 atom stereocenters. The number of rotatable bonds is 12. The Morgan fingerprint density at radius 3 is 0.970 bits per heavy atom. The number of halogens is 2. The third-order valence-corrected chi connectivity index (χ3v) is 12.9. The van der Waals surface area contributed by atoms with E-state index in [1.54, 1.807) is 0 Å². The average Bonchev–Trinajstić information content (AvgIpc) is 2.49. The maximum Gasteiger partial charge on any atom is 0.173 e. The van der Waals surface area contributed by atoms with Gasteiger partial charge in [0.25, 0.3) is 0 Å². The van der Waals surface area contributed by atoms with Gasteiger partial charge in [-0.05, 0) is 65.0 Å². The molecule has 0 unspecified atom stereocenters. The number of hydrogen-bond acceptors (Lipinski definition) is 9. The molecule has 15 heteroatoms. The Kier molecular flexibility index (Phi) is 18.1. The second-order valence-corrected chi connectivity index (χ2v) is 20.9. The van der Waals surface area contributed by atoms with Crippen molar-refractivity contribution in [1.82, 2.24) is 0 Å². The van der Waals surface area contributed by atoms with Gasteiger partial charge in [0.1, 0.15) is 0 Å². The van der Waals surface area contributed by atoms with Gasteiger partial charge in [-0.3, -0.25) is 0 Å². The van der Waals surface area contributed by atoms with Crippen LogP contribution in [-0.2, 0) is 4.12 Å². The smallest absolute Gasteiger partial charge is 0.173 e. The van der Waals surface area contributed by atoms with Crippen LogP contribution in [-0.4, -0.2) is 80.0 Å². The van der Waals surface area contributed by atoms with Gasteiger partial charge in [0.2, 0.25) is 0 Å². The molecular weight excluding hydrogens is 515 g/mol. The molecule has 0 heterocycles. The molecule has 0 radical (unpaired) electrons. The van der Waals surface area contributed by atoms with Crippen molar-refractivity contribution in [3.8, 4) is 0 Å². The van der Waals surface area contributed by atoms with Crippen molar-refractivity contribution in [3.63, 3.8) is 0 Å². The minimum Gasteiger partial charge on any atom is -0.455 e. The highest BCUT2D eigenvalue weighted by Gasteiger charge is 2.33. The summed E-state index contributed by atoms with van der Waals surface area (Å²) in [5, 5.41) is 0. The summed E-state index contributed by atoms with van der Waals surface area (Å²) < 4.78 is 77.0. The Labute approximate surface area is 206 Å². The molecule has 0 fully saturated rings. The molecule has 0 aromatic heterocycles. The van der Waals surface area contributed by atoms with Gasteiger partial charge in [-0.2, -0.15) is 0 Å². The lowest BCUT2D eigenvalue weighted by Gasteiger charge is -2.36. The van der Waals surface area contributed by atoms with Crippen LogP contribution in [0.1, 0.15) is 26.7 Å². The largest absolute Gasteiger partial charge is 0.455 e. The molecule has 0 aliphatic rings. The fraction of sp³-hybridized carbons (Fsp3) is 1.00. The third-order valence-electron chi connectivity index (χ3n) is 5.35. The maximum absolute atomic E-state index is 8.49. The van der Waals surface area contributed by atoms with Crippen LogP contribution in [0.15, 0.2) is 0 Å². The van der Waals surface area contributed by atoms with E-state index in [4.69, 9.17) is 41.4 Å². The topological polar surface area (TPSA) is 194 Å². The van der Waals surface area contributed by atoms with E-state index in [1.165, 1.54) is 51.1 Å². The van der Waals surface area contributed by atoms with Gasteiger partial charge < -0.3 is 13.1 Å². The van der Waals surface area contributed by atoms with Crippen LogP contribution in [0.2, 0.25) is 38.3 Å². The number of quaternary nitrogens is 2. The Bertz CT molecular complexity index is 460. The molecule has 0 aliphatic heterocycles. The number of hydrogen-bond donors (Lipinski definition) is 0. The Balaban J connectivity index is -0.000000746. The van der Waals surface area contributed by atoms with Crippen molar-refractivity contribution < 1.29 is 70.8 Å². The van der Waals surface area contributed by atoms with E-state index in [0.29, 0.717) is 0 Å². The van der Waals surface area contributed by atoms with Gasteiger partial charge in [0.05, 0.1) is 54.4 Å². The standard InChI is InChI=1S/C18H46N2OSi2.2ClHO4/c1-11-19(3,4)15-13-17-22(7,8)21-23(9,10)18-14-16-20(5,6)12-2;2*2-1(3,4)5/h11-18H2,1-10H3;2*(H,2,3,4,5)/q+2;;/p-2. The SMILES string of the molecule is CC[N+](C)(C)CCC[Si](C)(C)O[Si](C)(C)CCC[N+](C)(C)CC.[O-][Cl+3]([O-])([O-])[O-].[O-][Cl+3]([O-])([O-])[O-]. The molecule has 0 aromatic carbocycles. The van der Waals surface area contributed by atoms with E-state index in [9.17, 15) is 0 Å². The molecule has 0 rings (SSSR count). The van der Waals surface area contributed by atoms with E-state index < -0.39 is 37.1 Å². The summed E-state index contributed by atoms with van der Waals surface area (Å²) in [7, 11) is -3.57. The summed E-state index contributed by atoms with van der Waals surface area (Å²) in [6.45, 7) is 19.3. The lowest BCUT2D eigenvalue weighted by atomic mass is 10.4. The van der Waals surface area contributed by atoms with Gasteiger partial charge in [0.15, 0.2) is 16.6 Å². The fourth-order valence-corrected chi connectivity index (χ4v) is 11.9. The van der Waals surface area contributed by atoms with Crippen LogP contribution >= 0.6 is 0 Å². The van der Waals surface area contributed by atoms with Gasteiger partial charge in [0, 0.05) is 0 Å². The van der Waals surface area contributed by atoms with Crippen molar-refractivity contribution in [2.75, 3.05) is 54.4 Å². The predicted molar refractivity (Wildman–Crippen MR) is 110 cm³/mol. The first-order valence-corrected chi connectivity index (χ1v) is 19.5. The summed E-state index contributed by atoms with van der Waals surface area (Å²) >= 11 is 0. The molecule has 0 amide bonds. The highest BCUT2D eigenvalue weighted by Crippen LogP contribution is 2.24. The van der Waals surface area contributed by atoms with Crippen LogP contribution < -0.4 is 37.3 Å². The lowest BCUT2D eigenvalue weighted by Crippen LogP contribution is -2.68. The van der Waals surface area contributed by atoms with Crippen molar-refractivity contribution >= 4 is 16.6 Å². The lowest BCUT2D eigenvalue weighted by molar-refractivity contribution is -2.00. The fourth-order valence-electron chi connectivity index (χ4n) is 3.03. The minimum absolute atomic E-state index is 1.13. The van der Waals surface area contributed by atoms with Crippen LogP contribution in [0.3, 0.4) is 0 Å². The van der Waals surface area contributed by atoms with E-state index in [-0.39, 0.29) is 0 Å². The molecule has 33 heavy (non-hydrogen) atoms. The Hall–Kier alpha value is 0.574. The van der Waals surface area contributed by atoms with Gasteiger partial charge in [-0.25, -0.2) is 37.3 Å². The van der Waals surface area contributed by atoms with Crippen molar-refractivity contribution in [1.29, 1.82) is 0 Å². The van der Waals surface area contributed by atoms with Crippen LogP contribution in [0.5, 0.6) is 0 Å². The summed E-state index contributed by atoms with van der Waals surface area (Å²) in [6.07, 6.45) is 2.62. The van der Waals surface area contributed by atoms with E-state index >= 15 is 0 Å². The molecule has 0 bridgehead atoms. The quantitative estimate of drug-likeness (QED) is 0.165. The zero-order chi connectivity index (χ0) is 27.4. The van der Waals surface area contributed by atoms with Crippen LogP contribution in [0.4, 0.5) is 0 Å². The van der Waals surface area contributed by atoms with Gasteiger partial charge >= 0.3 is 0 Å².